The second-order valence-corrected chi connectivity index (χ2v) is 6.62. The van der Waals surface area contributed by atoms with Crippen molar-refractivity contribution in [2.75, 3.05) is 31.1 Å². The topological polar surface area (TPSA) is 65.0 Å². The SMILES string of the molecule is O=C(/C=C/c1ccccc1N1CCN(Cc2ccccc2OC(F)F)CC1)NO. The van der Waals surface area contributed by atoms with E-state index in [1.807, 2.05) is 30.3 Å². The standard InChI is InChI=1S/C21H23F2N3O3/c22-21(23)29-19-8-4-2-6-17(19)15-25-11-13-26(14-12-25)18-7-3-1-5-16(18)9-10-20(27)24-28/h1-10,21,28H,11-15H2,(H,24,27)/b10-9+. The lowest BCUT2D eigenvalue weighted by molar-refractivity contribution is -0.124. The number of carbonyl (C=O) groups is 1. The van der Waals surface area contributed by atoms with Gasteiger partial charge in [-0.15, -0.1) is 0 Å². The van der Waals surface area contributed by atoms with Crippen molar-refractivity contribution in [3.63, 3.8) is 0 Å². The predicted octanol–water partition coefficient (Wildman–Crippen LogP) is 3.13. The number of piperazine rings is 1. The predicted molar refractivity (Wildman–Crippen MR) is 106 cm³/mol. The highest BCUT2D eigenvalue weighted by atomic mass is 19.3. The van der Waals surface area contributed by atoms with Crippen LogP contribution in [0.1, 0.15) is 11.1 Å². The first-order valence-corrected chi connectivity index (χ1v) is 9.28. The lowest BCUT2D eigenvalue weighted by atomic mass is 10.1. The average Bonchev–Trinajstić information content (AvgIpc) is 2.74. The van der Waals surface area contributed by atoms with Gasteiger partial charge < -0.3 is 9.64 Å². The maximum absolute atomic E-state index is 12.6. The van der Waals surface area contributed by atoms with Crippen molar-refractivity contribution in [1.82, 2.24) is 10.4 Å². The summed E-state index contributed by atoms with van der Waals surface area (Å²) < 4.78 is 29.8. The lowest BCUT2D eigenvalue weighted by Crippen LogP contribution is -2.46. The highest BCUT2D eigenvalue weighted by Crippen LogP contribution is 2.25. The van der Waals surface area contributed by atoms with Gasteiger partial charge in [-0.2, -0.15) is 8.78 Å². The van der Waals surface area contributed by atoms with E-state index < -0.39 is 12.5 Å². The number of anilines is 1. The molecule has 6 nitrogen and oxygen atoms in total. The smallest absolute Gasteiger partial charge is 0.387 e. The summed E-state index contributed by atoms with van der Waals surface area (Å²) in [5.41, 5.74) is 4.18. The Morgan fingerprint density at radius 2 is 1.79 bits per heavy atom. The van der Waals surface area contributed by atoms with Crippen LogP contribution in [-0.2, 0) is 11.3 Å². The number of halogens is 2. The Morgan fingerprint density at radius 1 is 1.10 bits per heavy atom. The summed E-state index contributed by atoms with van der Waals surface area (Å²) in [6.07, 6.45) is 2.93. The third kappa shape index (κ3) is 5.75. The molecule has 1 saturated heterocycles. The van der Waals surface area contributed by atoms with Gasteiger partial charge in [0.15, 0.2) is 0 Å². The van der Waals surface area contributed by atoms with Gasteiger partial charge in [-0.05, 0) is 23.8 Å². The van der Waals surface area contributed by atoms with Gasteiger partial charge in [0.05, 0.1) is 0 Å². The normalized spacial score (nSPS) is 15.1. The van der Waals surface area contributed by atoms with E-state index in [1.54, 1.807) is 29.8 Å². The summed E-state index contributed by atoms with van der Waals surface area (Å²) in [4.78, 5) is 15.7. The molecule has 154 valence electrons. The minimum atomic E-state index is -2.84. The van der Waals surface area contributed by atoms with E-state index in [-0.39, 0.29) is 5.75 Å². The Hall–Kier alpha value is -2.97. The molecule has 0 aromatic heterocycles. The number of hydrogen-bond acceptors (Lipinski definition) is 5. The number of nitrogens with zero attached hydrogens (tertiary/aromatic N) is 2. The largest absolute Gasteiger partial charge is 0.434 e. The first-order valence-electron chi connectivity index (χ1n) is 9.28. The molecule has 2 aromatic rings. The number of alkyl halides is 2. The highest BCUT2D eigenvalue weighted by molar-refractivity contribution is 5.91. The molecule has 1 heterocycles. The quantitative estimate of drug-likeness (QED) is 0.423. The van der Waals surface area contributed by atoms with E-state index in [1.165, 1.54) is 6.08 Å². The van der Waals surface area contributed by atoms with Crippen molar-refractivity contribution in [3.8, 4) is 5.75 Å². The van der Waals surface area contributed by atoms with Gasteiger partial charge >= 0.3 is 6.61 Å². The van der Waals surface area contributed by atoms with E-state index in [4.69, 9.17) is 5.21 Å². The number of nitrogens with one attached hydrogen (secondary N) is 1. The summed E-state index contributed by atoms with van der Waals surface area (Å²) in [5.74, 6) is -0.378. The van der Waals surface area contributed by atoms with Crippen molar-refractivity contribution in [2.45, 2.75) is 13.2 Å². The van der Waals surface area contributed by atoms with Gasteiger partial charge in [-0.3, -0.25) is 14.9 Å². The number of hydrogen-bond donors (Lipinski definition) is 2. The molecule has 1 amide bonds. The average molecular weight is 403 g/mol. The lowest BCUT2D eigenvalue weighted by Gasteiger charge is -2.37. The Balaban J connectivity index is 1.63. The van der Waals surface area contributed by atoms with Gasteiger partial charge in [0, 0.05) is 50.1 Å². The number of hydroxylamine groups is 1. The van der Waals surface area contributed by atoms with E-state index in [2.05, 4.69) is 14.5 Å². The number of benzene rings is 2. The number of carbonyl (C=O) groups excluding carboxylic acids is 1. The van der Waals surface area contributed by atoms with Crippen molar-refractivity contribution in [2.24, 2.45) is 0 Å². The summed E-state index contributed by atoms with van der Waals surface area (Å²) in [6.45, 7) is 0.736. The number of para-hydroxylation sites is 2. The van der Waals surface area contributed by atoms with E-state index >= 15 is 0 Å². The van der Waals surface area contributed by atoms with Crippen LogP contribution in [0.25, 0.3) is 6.08 Å². The minimum Gasteiger partial charge on any atom is -0.434 e. The van der Waals surface area contributed by atoms with Gasteiger partial charge in [-0.1, -0.05) is 36.4 Å². The van der Waals surface area contributed by atoms with Crippen molar-refractivity contribution < 1.29 is 23.5 Å². The molecule has 0 spiro atoms. The molecule has 1 fully saturated rings. The van der Waals surface area contributed by atoms with Crippen molar-refractivity contribution in [1.29, 1.82) is 0 Å². The number of rotatable bonds is 7. The van der Waals surface area contributed by atoms with Crippen LogP contribution in [0.4, 0.5) is 14.5 Å². The molecule has 0 atom stereocenters. The summed E-state index contributed by atoms with van der Waals surface area (Å²) in [6, 6.07) is 14.6. The van der Waals surface area contributed by atoms with Crippen LogP contribution in [0, 0.1) is 0 Å². The molecule has 0 aliphatic carbocycles. The zero-order chi connectivity index (χ0) is 20.6. The Bertz CT molecular complexity index is 853. The molecule has 2 N–H and O–H groups in total. The summed E-state index contributed by atoms with van der Waals surface area (Å²) in [7, 11) is 0. The van der Waals surface area contributed by atoms with Crippen LogP contribution in [0.2, 0.25) is 0 Å². The molecule has 8 heteroatoms. The molecule has 29 heavy (non-hydrogen) atoms. The zero-order valence-corrected chi connectivity index (χ0v) is 15.8. The van der Waals surface area contributed by atoms with Crippen molar-refractivity contribution >= 4 is 17.7 Å². The molecule has 2 aromatic carbocycles. The Morgan fingerprint density at radius 3 is 2.52 bits per heavy atom. The molecule has 3 rings (SSSR count). The third-order valence-electron chi connectivity index (χ3n) is 4.76. The fourth-order valence-electron chi connectivity index (χ4n) is 3.35. The first kappa shape index (κ1) is 20.8. The van der Waals surface area contributed by atoms with Crippen LogP contribution >= 0.6 is 0 Å². The van der Waals surface area contributed by atoms with Gasteiger partial charge in [0.1, 0.15) is 5.75 Å². The number of ether oxygens (including phenoxy) is 1. The van der Waals surface area contributed by atoms with Crippen LogP contribution < -0.4 is 15.1 Å². The summed E-state index contributed by atoms with van der Waals surface area (Å²) in [5, 5.41) is 8.63. The first-order chi connectivity index (χ1) is 14.1. The maximum atomic E-state index is 12.6. The van der Waals surface area contributed by atoms with E-state index in [9.17, 15) is 13.6 Å². The maximum Gasteiger partial charge on any atom is 0.387 e. The fourth-order valence-corrected chi connectivity index (χ4v) is 3.35. The molecule has 0 radical (unpaired) electrons. The van der Waals surface area contributed by atoms with Gasteiger partial charge in [0.25, 0.3) is 5.91 Å². The van der Waals surface area contributed by atoms with E-state index in [0.29, 0.717) is 6.54 Å². The zero-order valence-electron chi connectivity index (χ0n) is 15.8. The third-order valence-corrected chi connectivity index (χ3v) is 4.76. The molecule has 0 bridgehead atoms. The van der Waals surface area contributed by atoms with Crippen LogP contribution in [0.3, 0.4) is 0 Å². The molecular formula is C21H23F2N3O3. The Labute approximate surface area is 168 Å². The molecular weight excluding hydrogens is 380 g/mol. The van der Waals surface area contributed by atoms with Crippen LogP contribution in [-0.4, -0.2) is 48.8 Å². The van der Waals surface area contributed by atoms with Gasteiger partial charge in [-0.25, -0.2) is 5.48 Å². The van der Waals surface area contributed by atoms with Crippen LogP contribution in [0.15, 0.2) is 54.6 Å². The molecule has 0 saturated carbocycles. The number of amides is 1. The highest BCUT2D eigenvalue weighted by Gasteiger charge is 2.20. The monoisotopic (exact) mass is 403 g/mol. The molecule has 1 aliphatic heterocycles. The second kappa shape index (κ2) is 9.99. The molecule has 0 unspecified atom stereocenters. The summed E-state index contributed by atoms with van der Waals surface area (Å²) >= 11 is 0. The van der Waals surface area contributed by atoms with Crippen molar-refractivity contribution in [3.05, 3.63) is 65.7 Å². The van der Waals surface area contributed by atoms with Gasteiger partial charge in [0.2, 0.25) is 0 Å². The fraction of sp³-hybridized carbons (Fsp3) is 0.286. The minimum absolute atomic E-state index is 0.211. The van der Waals surface area contributed by atoms with Crippen LogP contribution in [0.5, 0.6) is 5.75 Å². The second-order valence-electron chi connectivity index (χ2n) is 6.62. The molecule has 1 aliphatic rings. The Kier molecular flexibility index (Phi) is 7.15. The van der Waals surface area contributed by atoms with E-state index in [0.717, 1.165) is 43.0 Å².